The predicted molar refractivity (Wildman–Crippen MR) is 104 cm³/mol. The number of carbonyl (C=O) groups is 1. The second-order valence-corrected chi connectivity index (χ2v) is 7.29. The number of aliphatic hydroxyl groups excluding tert-OH is 1. The zero-order chi connectivity index (χ0) is 18.6. The molecular weight excluding hydrogens is 316 g/mol. The molecular formula is C21H42O4. The SMILES string of the molecule is CC(CCCCCCCCCCCCCCCCC(=O)O)OCCO. The van der Waals surface area contributed by atoms with E-state index in [0.717, 1.165) is 19.3 Å². The first-order chi connectivity index (χ1) is 12.2. The van der Waals surface area contributed by atoms with Crippen molar-refractivity contribution >= 4 is 5.97 Å². The zero-order valence-electron chi connectivity index (χ0n) is 16.5. The van der Waals surface area contributed by atoms with Gasteiger partial charge in [0.2, 0.25) is 0 Å². The third-order valence-corrected chi connectivity index (χ3v) is 4.74. The van der Waals surface area contributed by atoms with Gasteiger partial charge in [0.25, 0.3) is 0 Å². The molecule has 0 bridgehead atoms. The van der Waals surface area contributed by atoms with Crippen LogP contribution in [0.5, 0.6) is 0 Å². The number of carboxylic acids is 1. The summed E-state index contributed by atoms with van der Waals surface area (Å²) in [6, 6.07) is 0. The highest BCUT2D eigenvalue weighted by Crippen LogP contribution is 2.14. The molecule has 0 spiro atoms. The first-order valence-electron chi connectivity index (χ1n) is 10.6. The van der Waals surface area contributed by atoms with Crippen molar-refractivity contribution in [3.8, 4) is 0 Å². The van der Waals surface area contributed by atoms with Crippen molar-refractivity contribution in [3.05, 3.63) is 0 Å². The van der Waals surface area contributed by atoms with Gasteiger partial charge in [0.1, 0.15) is 0 Å². The van der Waals surface area contributed by atoms with Crippen molar-refractivity contribution in [1.82, 2.24) is 0 Å². The number of hydrogen-bond donors (Lipinski definition) is 2. The van der Waals surface area contributed by atoms with Gasteiger partial charge in [-0.3, -0.25) is 4.79 Å². The molecule has 150 valence electrons. The summed E-state index contributed by atoms with van der Waals surface area (Å²) in [5, 5.41) is 17.2. The monoisotopic (exact) mass is 358 g/mol. The van der Waals surface area contributed by atoms with E-state index >= 15 is 0 Å². The lowest BCUT2D eigenvalue weighted by Crippen LogP contribution is -2.11. The Labute approximate surface area is 155 Å². The number of carboxylic acid groups (broad SMARTS) is 1. The summed E-state index contributed by atoms with van der Waals surface area (Å²) in [5.74, 6) is -0.665. The van der Waals surface area contributed by atoms with Gasteiger partial charge in [-0.05, 0) is 19.8 Å². The molecule has 25 heavy (non-hydrogen) atoms. The molecule has 0 aromatic rings. The van der Waals surface area contributed by atoms with Crippen LogP contribution in [0, 0.1) is 0 Å². The van der Waals surface area contributed by atoms with Crippen molar-refractivity contribution in [2.75, 3.05) is 13.2 Å². The topological polar surface area (TPSA) is 66.8 Å². The van der Waals surface area contributed by atoms with Crippen molar-refractivity contribution in [2.45, 2.75) is 116 Å². The Morgan fingerprint density at radius 3 is 1.56 bits per heavy atom. The number of aliphatic carboxylic acids is 1. The Bertz CT molecular complexity index is 281. The van der Waals surface area contributed by atoms with E-state index in [-0.39, 0.29) is 12.7 Å². The molecule has 0 rings (SSSR count). The smallest absolute Gasteiger partial charge is 0.303 e. The summed E-state index contributed by atoms with van der Waals surface area (Å²) < 4.78 is 5.45. The van der Waals surface area contributed by atoms with Crippen molar-refractivity contribution in [1.29, 1.82) is 0 Å². The van der Waals surface area contributed by atoms with Crippen molar-refractivity contribution < 1.29 is 19.7 Å². The number of aliphatic hydroxyl groups is 1. The Morgan fingerprint density at radius 1 is 0.760 bits per heavy atom. The molecule has 4 heteroatoms. The summed E-state index contributed by atoms with van der Waals surface area (Å²) in [6.45, 7) is 2.68. The Kier molecular flexibility index (Phi) is 19.2. The van der Waals surface area contributed by atoms with Gasteiger partial charge in [-0.25, -0.2) is 0 Å². The molecule has 0 saturated carbocycles. The quantitative estimate of drug-likeness (QED) is 0.274. The third-order valence-electron chi connectivity index (χ3n) is 4.74. The van der Waals surface area contributed by atoms with Crippen LogP contribution >= 0.6 is 0 Å². The van der Waals surface area contributed by atoms with Gasteiger partial charge >= 0.3 is 5.97 Å². The molecule has 0 fully saturated rings. The van der Waals surface area contributed by atoms with Crippen LogP contribution in [0.3, 0.4) is 0 Å². The summed E-state index contributed by atoms with van der Waals surface area (Å²) in [4.78, 5) is 10.4. The van der Waals surface area contributed by atoms with Crippen LogP contribution < -0.4 is 0 Å². The molecule has 0 amide bonds. The van der Waals surface area contributed by atoms with Gasteiger partial charge in [-0.2, -0.15) is 0 Å². The fraction of sp³-hybridized carbons (Fsp3) is 0.952. The van der Waals surface area contributed by atoms with Crippen molar-refractivity contribution in [3.63, 3.8) is 0 Å². The van der Waals surface area contributed by atoms with Crippen LogP contribution in [0.15, 0.2) is 0 Å². The van der Waals surface area contributed by atoms with Gasteiger partial charge in [0.15, 0.2) is 0 Å². The molecule has 2 N–H and O–H groups in total. The van der Waals surface area contributed by atoms with E-state index in [1.165, 1.54) is 77.0 Å². The molecule has 1 atom stereocenters. The molecule has 0 aromatic heterocycles. The van der Waals surface area contributed by atoms with Crippen LogP contribution in [-0.4, -0.2) is 35.5 Å². The lowest BCUT2D eigenvalue weighted by atomic mass is 10.0. The average Bonchev–Trinajstić information content (AvgIpc) is 2.59. The highest BCUT2D eigenvalue weighted by atomic mass is 16.5. The van der Waals surface area contributed by atoms with E-state index in [1.54, 1.807) is 0 Å². The van der Waals surface area contributed by atoms with Crippen LogP contribution in [0.4, 0.5) is 0 Å². The van der Waals surface area contributed by atoms with Crippen molar-refractivity contribution in [2.24, 2.45) is 0 Å². The summed E-state index contributed by atoms with van der Waals surface area (Å²) in [5.41, 5.74) is 0. The van der Waals surface area contributed by atoms with Crippen LogP contribution in [0.2, 0.25) is 0 Å². The average molecular weight is 359 g/mol. The minimum absolute atomic E-state index is 0.122. The van der Waals surface area contributed by atoms with Crippen LogP contribution in [-0.2, 0) is 9.53 Å². The van der Waals surface area contributed by atoms with Gasteiger partial charge < -0.3 is 14.9 Å². The third kappa shape index (κ3) is 21.3. The molecule has 0 heterocycles. The lowest BCUT2D eigenvalue weighted by molar-refractivity contribution is -0.137. The molecule has 0 aliphatic heterocycles. The van der Waals surface area contributed by atoms with Gasteiger partial charge in [0.05, 0.1) is 19.3 Å². The zero-order valence-corrected chi connectivity index (χ0v) is 16.5. The second kappa shape index (κ2) is 19.7. The fourth-order valence-corrected chi connectivity index (χ4v) is 3.17. The lowest BCUT2D eigenvalue weighted by Gasteiger charge is -2.11. The maximum absolute atomic E-state index is 10.4. The first-order valence-corrected chi connectivity index (χ1v) is 10.6. The maximum atomic E-state index is 10.4. The Balaban J connectivity index is 3.06. The van der Waals surface area contributed by atoms with E-state index in [4.69, 9.17) is 14.9 Å². The minimum atomic E-state index is -0.665. The molecule has 0 aliphatic carbocycles. The number of unbranched alkanes of at least 4 members (excludes halogenated alkanes) is 13. The highest BCUT2D eigenvalue weighted by molar-refractivity contribution is 5.66. The van der Waals surface area contributed by atoms with Gasteiger partial charge in [-0.1, -0.05) is 83.5 Å². The van der Waals surface area contributed by atoms with E-state index in [2.05, 4.69) is 6.92 Å². The summed E-state index contributed by atoms with van der Waals surface area (Å²) in [7, 11) is 0. The van der Waals surface area contributed by atoms with E-state index < -0.39 is 5.97 Å². The predicted octanol–water partition coefficient (Wildman–Crippen LogP) is 5.71. The second-order valence-electron chi connectivity index (χ2n) is 7.29. The van der Waals surface area contributed by atoms with Crippen LogP contribution in [0.1, 0.15) is 110 Å². The summed E-state index contributed by atoms with van der Waals surface area (Å²) in [6.07, 6.45) is 19.4. The normalized spacial score (nSPS) is 12.4. The fourth-order valence-electron chi connectivity index (χ4n) is 3.17. The highest BCUT2D eigenvalue weighted by Gasteiger charge is 2.01. The van der Waals surface area contributed by atoms with Crippen LogP contribution in [0.25, 0.3) is 0 Å². The summed E-state index contributed by atoms with van der Waals surface area (Å²) >= 11 is 0. The molecule has 0 aliphatic rings. The molecule has 0 aromatic carbocycles. The largest absolute Gasteiger partial charge is 0.481 e. The molecule has 1 unspecified atom stereocenters. The van der Waals surface area contributed by atoms with E-state index in [9.17, 15) is 4.79 Å². The Hall–Kier alpha value is -0.610. The van der Waals surface area contributed by atoms with E-state index in [1.807, 2.05) is 0 Å². The van der Waals surface area contributed by atoms with E-state index in [0.29, 0.717) is 13.0 Å². The number of rotatable bonds is 20. The number of ether oxygens (including phenoxy) is 1. The van der Waals surface area contributed by atoms with Gasteiger partial charge in [0, 0.05) is 6.42 Å². The standard InChI is InChI=1S/C21H42O4/c1-20(25-19-18-22)16-14-12-10-8-6-4-2-3-5-7-9-11-13-15-17-21(23)24/h20,22H,2-19H2,1H3,(H,23,24). The number of hydrogen-bond acceptors (Lipinski definition) is 3. The molecule has 0 radical (unpaired) electrons. The molecule has 0 saturated heterocycles. The maximum Gasteiger partial charge on any atom is 0.303 e. The first kappa shape index (κ1) is 24.4. The molecule has 4 nitrogen and oxygen atoms in total. The minimum Gasteiger partial charge on any atom is -0.481 e. The Morgan fingerprint density at radius 2 is 1.16 bits per heavy atom. The van der Waals surface area contributed by atoms with Gasteiger partial charge in [-0.15, -0.1) is 0 Å².